The van der Waals surface area contributed by atoms with Crippen LogP contribution in [0.15, 0.2) is 75.1 Å². The summed E-state index contributed by atoms with van der Waals surface area (Å²) in [5, 5.41) is 3.94. The molecule has 0 aromatic heterocycles. The van der Waals surface area contributed by atoms with Gasteiger partial charge < -0.3 is 13.7 Å². The third-order valence-electron chi connectivity index (χ3n) is 4.49. The lowest BCUT2D eigenvalue weighted by Crippen LogP contribution is -2.17. The Kier molecular flexibility index (Phi) is 7.72. The number of hydrazone groups is 1. The molecule has 3 aromatic carbocycles. The molecule has 0 aliphatic carbocycles. The maximum Gasteiger partial charge on any atom is 0.339 e. The molecule has 0 fully saturated rings. The predicted molar refractivity (Wildman–Crippen MR) is 128 cm³/mol. The Labute approximate surface area is 200 Å². The van der Waals surface area contributed by atoms with E-state index in [0.29, 0.717) is 27.1 Å². The van der Waals surface area contributed by atoms with Gasteiger partial charge in [0.2, 0.25) is 0 Å². The second-order valence-corrected chi connectivity index (χ2v) is 9.21. The Balaban J connectivity index is 1.67. The van der Waals surface area contributed by atoms with E-state index in [9.17, 15) is 13.2 Å². The monoisotopic (exact) mass is 532 g/mol. The highest BCUT2D eigenvalue weighted by molar-refractivity contribution is 9.10. The summed E-state index contributed by atoms with van der Waals surface area (Å²) in [5.41, 5.74) is 4.32. The first-order valence-corrected chi connectivity index (χ1v) is 11.8. The van der Waals surface area contributed by atoms with E-state index in [1.54, 1.807) is 42.5 Å². The normalized spacial score (nSPS) is 11.3. The van der Waals surface area contributed by atoms with Gasteiger partial charge in [-0.05, 0) is 76.9 Å². The van der Waals surface area contributed by atoms with E-state index < -0.39 is 16.0 Å². The van der Waals surface area contributed by atoms with Crippen molar-refractivity contribution in [3.63, 3.8) is 0 Å². The Hall–Kier alpha value is -3.37. The molecule has 0 saturated heterocycles. The minimum Gasteiger partial charge on any atom is -0.493 e. The lowest BCUT2D eigenvalue weighted by atomic mass is 10.2. The Morgan fingerprint density at radius 2 is 1.61 bits per heavy atom. The first-order valence-electron chi connectivity index (χ1n) is 9.59. The van der Waals surface area contributed by atoms with E-state index in [1.165, 1.54) is 38.6 Å². The number of aryl methyl sites for hydroxylation is 1. The molecule has 0 spiro atoms. The molecule has 0 aliphatic rings. The Morgan fingerprint density at radius 3 is 2.24 bits per heavy atom. The first kappa shape index (κ1) is 24.3. The number of amides is 1. The average molecular weight is 533 g/mol. The van der Waals surface area contributed by atoms with Crippen LogP contribution in [-0.2, 0) is 10.1 Å². The van der Waals surface area contributed by atoms with Crippen molar-refractivity contribution < 1.29 is 26.9 Å². The predicted octanol–water partition coefficient (Wildman–Crippen LogP) is 4.31. The fourth-order valence-corrected chi connectivity index (χ4v) is 4.28. The molecule has 0 unspecified atom stereocenters. The maximum atomic E-state index is 12.5. The van der Waals surface area contributed by atoms with Crippen LogP contribution in [0, 0.1) is 6.92 Å². The van der Waals surface area contributed by atoms with Crippen molar-refractivity contribution in [1.29, 1.82) is 0 Å². The summed E-state index contributed by atoms with van der Waals surface area (Å²) < 4.78 is 41.0. The molecule has 0 radical (unpaired) electrons. The van der Waals surface area contributed by atoms with Crippen LogP contribution >= 0.6 is 15.9 Å². The van der Waals surface area contributed by atoms with Crippen molar-refractivity contribution in [2.24, 2.45) is 5.10 Å². The molecule has 0 atom stereocenters. The quantitative estimate of drug-likeness (QED) is 0.263. The van der Waals surface area contributed by atoms with Crippen LogP contribution in [0.5, 0.6) is 17.2 Å². The molecule has 33 heavy (non-hydrogen) atoms. The van der Waals surface area contributed by atoms with Gasteiger partial charge >= 0.3 is 10.1 Å². The molecule has 3 rings (SSSR count). The highest BCUT2D eigenvalue weighted by Crippen LogP contribution is 2.29. The molecular weight excluding hydrogens is 512 g/mol. The third-order valence-corrected chi connectivity index (χ3v) is 6.36. The van der Waals surface area contributed by atoms with Crippen LogP contribution < -0.4 is 19.1 Å². The maximum absolute atomic E-state index is 12.5. The molecular formula is C23H21BrN2O6S. The number of carbonyl (C=O) groups excluding carboxylic acids is 1. The van der Waals surface area contributed by atoms with Gasteiger partial charge in [0.25, 0.3) is 5.91 Å². The zero-order valence-corrected chi connectivity index (χ0v) is 20.4. The molecule has 0 heterocycles. The van der Waals surface area contributed by atoms with E-state index in [4.69, 9.17) is 13.7 Å². The number of methoxy groups -OCH3 is 2. The van der Waals surface area contributed by atoms with Gasteiger partial charge in [0.05, 0.1) is 24.9 Å². The largest absolute Gasteiger partial charge is 0.493 e. The van der Waals surface area contributed by atoms with Gasteiger partial charge in [0.1, 0.15) is 4.90 Å². The van der Waals surface area contributed by atoms with Crippen molar-refractivity contribution in [3.8, 4) is 17.2 Å². The van der Waals surface area contributed by atoms with Crippen molar-refractivity contribution in [1.82, 2.24) is 5.43 Å². The number of benzene rings is 3. The molecule has 8 nitrogen and oxygen atoms in total. The number of nitrogens with one attached hydrogen (secondary N) is 1. The van der Waals surface area contributed by atoms with Crippen LogP contribution in [0.1, 0.15) is 21.5 Å². The fraction of sp³-hybridized carbons (Fsp3) is 0.130. The van der Waals surface area contributed by atoms with Crippen LogP contribution in [0.4, 0.5) is 0 Å². The number of hydrogen-bond donors (Lipinski definition) is 1. The minimum atomic E-state index is -3.97. The molecule has 172 valence electrons. The summed E-state index contributed by atoms with van der Waals surface area (Å²) in [6.07, 6.45) is 1.42. The van der Waals surface area contributed by atoms with Gasteiger partial charge in [-0.1, -0.05) is 17.7 Å². The summed E-state index contributed by atoms with van der Waals surface area (Å²) >= 11 is 3.31. The Bertz CT molecular complexity index is 1290. The second kappa shape index (κ2) is 10.5. The number of rotatable bonds is 8. The van der Waals surface area contributed by atoms with Gasteiger partial charge in [0, 0.05) is 5.56 Å². The van der Waals surface area contributed by atoms with Crippen LogP contribution in [0.25, 0.3) is 0 Å². The van der Waals surface area contributed by atoms with Crippen LogP contribution in [0.2, 0.25) is 0 Å². The number of halogens is 1. The molecule has 3 aromatic rings. The van der Waals surface area contributed by atoms with Gasteiger partial charge in [-0.3, -0.25) is 4.79 Å². The highest BCUT2D eigenvalue weighted by Gasteiger charge is 2.18. The lowest BCUT2D eigenvalue weighted by Gasteiger charge is -2.09. The average Bonchev–Trinajstić information content (AvgIpc) is 2.80. The SMILES string of the molecule is COc1ccc(C(=O)N/N=C/c2ccc(OS(=O)(=O)c3ccc(C)cc3)c(Br)c2)cc1OC. The number of ether oxygens (including phenoxy) is 2. The molecule has 1 N–H and O–H groups in total. The summed E-state index contributed by atoms with van der Waals surface area (Å²) in [6, 6.07) is 15.8. The second-order valence-electron chi connectivity index (χ2n) is 6.81. The van der Waals surface area contributed by atoms with Crippen molar-refractivity contribution in [3.05, 3.63) is 81.8 Å². The standard InChI is InChI=1S/C23H21BrN2O6S/c1-15-4-8-18(9-5-15)33(28,29)32-20-10-6-16(12-19(20)24)14-25-26-23(27)17-7-11-21(30-2)22(13-17)31-3/h4-14H,1-3H3,(H,26,27)/b25-14+. The molecule has 0 aliphatic heterocycles. The number of carbonyl (C=O) groups is 1. The lowest BCUT2D eigenvalue weighted by molar-refractivity contribution is 0.0954. The smallest absolute Gasteiger partial charge is 0.339 e. The number of hydrogen-bond acceptors (Lipinski definition) is 7. The zero-order valence-electron chi connectivity index (χ0n) is 18.0. The molecule has 0 saturated carbocycles. The van der Waals surface area contributed by atoms with Gasteiger partial charge in [0.15, 0.2) is 17.2 Å². The third kappa shape index (κ3) is 6.11. The van der Waals surface area contributed by atoms with Crippen molar-refractivity contribution in [2.75, 3.05) is 14.2 Å². The topological polar surface area (TPSA) is 103 Å². The number of nitrogens with zero attached hydrogens (tertiary/aromatic N) is 1. The van der Waals surface area contributed by atoms with Crippen LogP contribution in [0.3, 0.4) is 0 Å². The van der Waals surface area contributed by atoms with Gasteiger partial charge in [-0.25, -0.2) is 5.43 Å². The first-order chi connectivity index (χ1) is 15.7. The van der Waals surface area contributed by atoms with E-state index in [1.807, 2.05) is 6.92 Å². The van der Waals surface area contributed by atoms with Crippen LogP contribution in [-0.4, -0.2) is 34.8 Å². The van der Waals surface area contributed by atoms with Crippen molar-refractivity contribution >= 4 is 38.2 Å². The molecule has 0 bridgehead atoms. The van der Waals surface area contributed by atoms with E-state index in [0.717, 1.165) is 5.56 Å². The summed E-state index contributed by atoms with van der Waals surface area (Å²) in [5.74, 6) is 0.626. The summed E-state index contributed by atoms with van der Waals surface area (Å²) in [7, 11) is -0.986. The Morgan fingerprint density at radius 1 is 0.939 bits per heavy atom. The van der Waals surface area contributed by atoms with Gasteiger partial charge in [-0.2, -0.15) is 13.5 Å². The zero-order chi connectivity index (χ0) is 24.0. The van der Waals surface area contributed by atoms with E-state index in [2.05, 4.69) is 26.5 Å². The fourth-order valence-electron chi connectivity index (χ4n) is 2.74. The summed E-state index contributed by atoms with van der Waals surface area (Å²) in [6.45, 7) is 1.87. The summed E-state index contributed by atoms with van der Waals surface area (Å²) in [4.78, 5) is 12.4. The van der Waals surface area contributed by atoms with E-state index in [-0.39, 0.29) is 10.6 Å². The van der Waals surface area contributed by atoms with E-state index >= 15 is 0 Å². The molecule has 10 heteroatoms. The highest BCUT2D eigenvalue weighted by atomic mass is 79.9. The molecule has 1 amide bonds. The van der Waals surface area contributed by atoms with Crippen molar-refractivity contribution in [2.45, 2.75) is 11.8 Å². The van der Waals surface area contributed by atoms with Gasteiger partial charge in [-0.15, -0.1) is 0 Å². The minimum absolute atomic E-state index is 0.0588.